The Balaban J connectivity index is 2.45. The van der Waals surface area contributed by atoms with Gasteiger partial charge in [-0.1, -0.05) is 13.8 Å². The molecule has 1 aliphatic rings. The van der Waals surface area contributed by atoms with E-state index >= 15 is 0 Å². The van der Waals surface area contributed by atoms with Gasteiger partial charge in [-0.05, 0) is 52.0 Å². The molecule has 1 aliphatic heterocycles. The summed E-state index contributed by atoms with van der Waals surface area (Å²) >= 11 is 0. The molecule has 2 atom stereocenters. The van der Waals surface area contributed by atoms with E-state index in [1.54, 1.807) is 6.92 Å². The standard InChI is InChI=1S/C14H28N2O2/c1-11(2)9-13(3,18)10-15-12(17)14(4)7-5-6-8-16-14/h11,16,18H,5-10H2,1-4H3,(H,15,17). The van der Waals surface area contributed by atoms with Crippen molar-refractivity contribution in [2.24, 2.45) is 5.92 Å². The fraction of sp³-hybridized carbons (Fsp3) is 0.929. The fourth-order valence-corrected chi connectivity index (χ4v) is 2.67. The molecule has 0 saturated carbocycles. The summed E-state index contributed by atoms with van der Waals surface area (Å²) in [6, 6.07) is 0. The number of piperidine rings is 1. The second kappa shape index (κ2) is 6.02. The summed E-state index contributed by atoms with van der Waals surface area (Å²) in [4.78, 5) is 12.2. The summed E-state index contributed by atoms with van der Waals surface area (Å²) in [5.41, 5.74) is -1.29. The molecule has 3 N–H and O–H groups in total. The van der Waals surface area contributed by atoms with Gasteiger partial charge in [-0.25, -0.2) is 0 Å². The first-order chi connectivity index (χ1) is 8.25. The van der Waals surface area contributed by atoms with Crippen LogP contribution in [0.3, 0.4) is 0 Å². The number of amides is 1. The van der Waals surface area contributed by atoms with Crippen molar-refractivity contribution in [3.63, 3.8) is 0 Å². The summed E-state index contributed by atoms with van der Waals surface area (Å²) in [6.07, 6.45) is 3.77. The van der Waals surface area contributed by atoms with Crippen LogP contribution in [-0.4, -0.2) is 35.2 Å². The minimum atomic E-state index is -0.825. The Morgan fingerprint density at radius 2 is 2.17 bits per heavy atom. The van der Waals surface area contributed by atoms with Crippen molar-refractivity contribution in [2.45, 2.75) is 64.5 Å². The third-order valence-electron chi connectivity index (χ3n) is 3.60. The maximum absolute atomic E-state index is 12.2. The molecule has 1 fully saturated rings. The Hall–Kier alpha value is -0.610. The zero-order valence-corrected chi connectivity index (χ0v) is 12.2. The molecule has 0 aromatic heterocycles. The van der Waals surface area contributed by atoms with E-state index in [9.17, 15) is 9.90 Å². The lowest BCUT2D eigenvalue weighted by molar-refractivity contribution is -0.129. The summed E-state index contributed by atoms with van der Waals surface area (Å²) in [5.74, 6) is 0.423. The molecule has 0 radical (unpaired) electrons. The molecule has 106 valence electrons. The molecule has 1 saturated heterocycles. The van der Waals surface area contributed by atoms with Crippen molar-refractivity contribution < 1.29 is 9.90 Å². The van der Waals surface area contributed by atoms with Gasteiger partial charge in [-0.2, -0.15) is 0 Å². The summed E-state index contributed by atoms with van der Waals surface area (Å²) in [5, 5.41) is 16.3. The van der Waals surface area contributed by atoms with Crippen molar-refractivity contribution in [3.8, 4) is 0 Å². The highest BCUT2D eigenvalue weighted by Gasteiger charge is 2.35. The number of nitrogens with one attached hydrogen (secondary N) is 2. The largest absolute Gasteiger partial charge is 0.388 e. The maximum atomic E-state index is 12.2. The second-order valence-electron chi connectivity index (χ2n) is 6.49. The first-order valence-corrected chi connectivity index (χ1v) is 7.01. The minimum Gasteiger partial charge on any atom is -0.388 e. The molecule has 1 heterocycles. The van der Waals surface area contributed by atoms with Gasteiger partial charge in [0.2, 0.25) is 5.91 Å². The van der Waals surface area contributed by atoms with Crippen LogP contribution in [-0.2, 0) is 4.79 Å². The Morgan fingerprint density at radius 3 is 2.67 bits per heavy atom. The van der Waals surface area contributed by atoms with Crippen molar-refractivity contribution in [2.75, 3.05) is 13.1 Å². The Kier molecular flexibility index (Phi) is 5.17. The Morgan fingerprint density at radius 1 is 1.50 bits per heavy atom. The summed E-state index contributed by atoms with van der Waals surface area (Å²) in [6.45, 7) is 9.08. The molecular formula is C14H28N2O2. The number of rotatable bonds is 5. The van der Waals surface area contributed by atoms with Crippen LogP contribution in [0.5, 0.6) is 0 Å². The topological polar surface area (TPSA) is 61.4 Å². The SMILES string of the molecule is CC(C)CC(C)(O)CNC(=O)C1(C)CCCCN1. The zero-order chi connectivity index (χ0) is 13.8. The summed E-state index contributed by atoms with van der Waals surface area (Å²) in [7, 11) is 0. The average Bonchev–Trinajstić information content (AvgIpc) is 2.25. The van der Waals surface area contributed by atoms with Crippen LogP contribution >= 0.6 is 0 Å². The van der Waals surface area contributed by atoms with Gasteiger partial charge in [-0.3, -0.25) is 4.79 Å². The predicted molar refractivity (Wildman–Crippen MR) is 73.3 cm³/mol. The lowest BCUT2D eigenvalue weighted by Gasteiger charge is -2.35. The first kappa shape index (κ1) is 15.4. The molecule has 4 nitrogen and oxygen atoms in total. The molecular weight excluding hydrogens is 228 g/mol. The van der Waals surface area contributed by atoms with Crippen molar-refractivity contribution in [1.82, 2.24) is 10.6 Å². The van der Waals surface area contributed by atoms with Gasteiger partial charge in [0.15, 0.2) is 0 Å². The Labute approximate surface area is 111 Å². The van der Waals surface area contributed by atoms with Crippen LogP contribution in [0.4, 0.5) is 0 Å². The van der Waals surface area contributed by atoms with Crippen LogP contribution in [0.15, 0.2) is 0 Å². The lowest BCUT2D eigenvalue weighted by atomic mass is 9.89. The van der Waals surface area contributed by atoms with E-state index in [0.29, 0.717) is 18.9 Å². The van der Waals surface area contributed by atoms with Crippen LogP contribution < -0.4 is 10.6 Å². The van der Waals surface area contributed by atoms with Gasteiger partial charge in [0.05, 0.1) is 11.1 Å². The van der Waals surface area contributed by atoms with Crippen LogP contribution in [0, 0.1) is 5.92 Å². The van der Waals surface area contributed by atoms with Crippen LogP contribution in [0.25, 0.3) is 0 Å². The van der Waals surface area contributed by atoms with Gasteiger partial charge < -0.3 is 15.7 Å². The van der Waals surface area contributed by atoms with Crippen molar-refractivity contribution in [1.29, 1.82) is 0 Å². The number of carbonyl (C=O) groups is 1. The third-order valence-corrected chi connectivity index (χ3v) is 3.60. The van der Waals surface area contributed by atoms with Crippen LogP contribution in [0.2, 0.25) is 0 Å². The molecule has 0 aromatic carbocycles. The number of aliphatic hydroxyl groups is 1. The van der Waals surface area contributed by atoms with Gasteiger partial charge in [0.25, 0.3) is 0 Å². The highest BCUT2D eigenvalue weighted by Crippen LogP contribution is 2.20. The van der Waals surface area contributed by atoms with E-state index in [-0.39, 0.29) is 5.91 Å². The van der Waals surface area contributed by atoms with Gasteiger partial charge >= 0.3 is 0 Å². The third kappa shape index (κ3) is 4.58. The van der Waals surface area contributed by atoms with E-state index in [0.717, 1.165) is 25.8 Å². The maximum Gasteiger partial charge on any atom is 0.240 e. The smallest absolute Gasteiger partial charge is 0.240 e. The van der Waals surface area contributed by atoms with Gasteiger partial charge in [0.1, 0.15) is 0 Å². The minimum absolute atomic E-state index is 0.00577. The second-order valence-corrected chi connectivity index (χ2v) is 6.49. The highest BCUT2D eigenvalue weighted by atomic mass is 16.3. The highest BCUT2D eigenvalue weighted by molar-refractivity contribution is 5.86. The van der Waals surface area contributed by atoms with E-state index in [1.165, 1.54) is 0 Å². The van der Waals surface area contributed by atoms with Crippen molar-refractivity contribution in [3.05, 3.63) is 0 Å². The molecule has 1 rings (SSSR count). The first-order valence-electron chi connectivity index (χ1n) is 7.01. The van der Waals surface area contributed by atoms with E-state index in [1.807, 2.05) is 6.92 Å². The number of hydrogen-bond donors (Lipinski definition) is 3. The summed E-state index contributed by atoms with van der Waals surface area (Å²) < 4.78 is 0. The normalized spacial score (nSPS) is 27.9. The van der Waals surface area contributed by atoms with Crippen LogP contribution in [0.1, 0.15) is 53.4 Å². The van der Waals surface area contributed by atoms with E-state index in [2.05, 4.69) is 24.5 Å². The molecule has 1 amide bonds. The molecule has 0 aliphatic carbocycles. The van der Waals surface area contributed by atoms with Gasteiger partial charge in [-0.15, -0.1) is 0 Å². The predicted octanol–water partition coefficient (Wildman–Crippen LogP) is 1.43. The number of carbonyl (C=O) groups excluding carboxylic acids is 1. The monoisotopic (exact) mass is 256 g/mol. The van der Waals surface area contributed by atoms with E-state index in [4.69, 9.17) is 0 Å². The molecule has 18 heavy (non-hydrogen) atoms. The number of hydrogen-bond acceptors (Lipinski definition) is 3. The lowest BCUT2D eigenvalue weighted by Crippen LogP contribution is -2.58. The molecule has 4 heteroatoms. The molecule has 0 aromatic rings. The molecule has 0 bridgehead atoms. The fourth-order valence-electron chi connectivity index (χ4n) is 2.67. The quantitative estimate of drug-likeness (QED) is 0.697. The van der Waals surface area contributed by atoms with Crippen molar-refractivity contribution >= 4 is 5.91 Å². The van der Waals surface area contributed by atoms with Gasteiger partial charge in [0, 0.05) is 6.54 Å². The average molecular weight is 256 g/mol. The molecule has 0 spiro atoms. The van der Waals surface area contributed by atoms with E-state index < -0.39 is 11.1 Å². The molecule has 2 unspecified atom stereocenters. The zero-order valence-electron chi connectivity index (χ0n) is 12.2. The Bertz CT molecular complexity index is 282.